The molecule has 2 aromatic carbocycles. The summed E-state index contributed by atoms with van der Waals surface area (Å²) in [4.78, 5) is 0. The highest BCUT2D eigenvalue weighted by atomic mass is 32.1. The van der Waals surface area contributed by atoms with E-state index in [1.807, 2.05) is 36.4 Å². The summed E-state index contributed by atoms with van der Waals surface area (Å²) in [6, 6.07) is 15.9. The van der Waals surface area contributed by atoms with Crippen LogP contribution in [-0.4, -0.2) is 11.7 Å². The first-order valence-electron chi connectivity index (χ1n) is 8.27. The zero-order valence-corrected chi connectivity index (χ0v) is 14.7. The topological polar surface area (TPSA) is 18.5 Å². The number of unbranched alkanes of at least 4 members (excludes halogenated alkanes) is 1. The number of thiocarbonyl (C=S) groups is 1. The van der Waals surface area contributed by atoms with Crippen LogP contribution in [0.15, 0.2) is 48.5 Å². The van der Waals surface area contributed by atoms with Crippen molar-refractivity contribution in [2.24, 2.45) is 0 Å². The van der Waals surface area contributed by atoms with Gasteiger partial charge in [-0.15, -0.1) is 0 Å². The van der Waals surface area contributed by atoms with Crippen LogP contribution in [0.2, 0.25) is 0 Å². The smallest absolute Gasteiger partial charge is 0.198 e. The number of hydrogen-bond donors (Lipinski definition) is 0. The van der Waals surface area contributed by atoms with Crippen molar-refractivity contribution in [1.82, 2.24) is 0 Å². The molecule has 23 heavy (non-hydrogen) atoms. The zero-order chi connectivity index (χ0) is 16.5. The van der Waals surface area contributed by atoms with Gasteiger partial charge >= 0.3 is 0 Å². The summed E-state index contributed by atoms with van der Waals surface area (Å²) < 4.78 is 11.4. The minimum Gasteiger partial charge on any atom is -0.494 e. The maximum absolute atomic E-state index is 5.76. The number of aryl methyl sites for hydroxylation is 1. The summed E-state index contributed by atoms with van der Waals surface area (Å²) in [5, 5.41) is 0.493. The van der Waals surface area contributed by atoms with E-state index in [1.54, 1.807) is 0 Å². The summed E-state index contributed by atoms with van der Waals surface area (Å²) in [5.41, 5.74) is 2.26. The summed E-state index contributed by atoms with van der Waals surface area (Å²) in [5.74, 6) is 1.59. The average molecular weight is 328 g/mol. The first kappa shape index (κ1) is 17.5. The van der Waals surface area contributed by atoms with Gasteiger partial charge in [0.2, 0.25) is 0 Å². The fourth-order valence-corrected chi connectivity index (χ4v) is 2.43. The number of hydrogen-bond acceptors (Lipinski definition) is 3. The van der Waals surface area contributed by atoms with Gasteiger partial charge in [0, 0.05) is 5.56 Å². The third-order valence-corrected chi connectivity index (χ3v) is 3.85. The van der Waals surface area contributed by atoms with Crippen molar-refractivity contribution < 1.29 is 9.47 Å². The molecule has 0 saturated heterocycles. The lowest BCUT2D eigenvalue weighted by Crippen LogP contribution is -2.07. The highest BCUT2D eigenvalue weighted by Gasteiger charge is 2.05. The predicted molar refractivity (Wildman–Crippen MR) is 99.6 cm³/mol. The third-order valence-electron chi connectivity index (χ3n) is 3.53. The lowest BCUT2D eigenvalue weighted by atomic mass is 10.1. The van der Waals surface area contributed by atoms with Crippen LogP contribution in [0.5, 0.6) is 11.5 Å². The molecule has 0 atom stereocenters. The number of benzene rings is 2. The molecule has 0 radical (unpaired) electrons. The summed E-state index contributed by atoms with van der Waals surface area (Å²) in [6.45, 7) is 5.08. The SMILES string of the molecule is CCCCOc1ccc(OC(=S)c2ccc(CCC)cc2)cc1. The molecule has 0 aliphatic rings. The van der Waals surface area contributed by atoms with Crippen LogP contribution in [-0.2, 0) is 6.42 Å². The van der Waals surface area contributed by atoms with Crippen LogP contribution >= 0.6 is 12.2 Å². The molecule has 122 valence electrons. The Hall–Kier alpha value is -1.87. The molecule has 2 aromatic rings. The number of rotatable bonds is 8. The second-order valence-electron chi connectivity index (χ2n) is 5.51. The maximum Gasteiger partial charge on any atom is 0.198 e. The molecule has 0 saturated carbocycles. The van der Waals surface area contributed by atoms with Gasteiger partial charge in [-0.2, -0.15) is 0 Å². The predicted octanol–water partition coefficient (Wildman–Crippen LogP) is 5.57. The Bertz CT molecular complexity index is 603. The van der Waals surface area contributed by atoms with Crippen molar-refractivity contribution in [3.63, 3.8) is 0 Å². The van der Waals surface area contributed by atoms with E-state index in [4.69, 9.17) is 21.7 Å². The van der Waals surface area contributed by atoms with Gasteiger partial charge in [0.15, 0.2) is 5.05 Å². The van der Waals surface area contributed by atoms with Crippen LogP contribution in [0.4, 0.5) is 0 Å². The van der Waals surface area contributed by atoms with E-state index in [1.165, 1.54) is 5.56 Å². The molecule has 0 N–H and O–H groups in total. The van der Waals surface area contributed by atoms with Crippen molar-refractivity contribution in [2.45, 2.75) is 39.5 Å². The Balaban J connectivity index is 1.91. The van der Waals surface area contributed by atoms with E-state index in [0.717, 1.165) is 49.4 Å². The van der Waals surface area contributed by atoms with Gasteiger partial charge in [-0.3, -0.25) is 0 Å². The molecule has 0 unspecified atom stereocenters. The largest absolute Gasteiger partial charge is 0.494 e. The van der Waals surface area contributed by atoms with E-state index in [0.29, 0.717) is 5.05 Å². The highest BCUT2D eigenvalue weighted by Crippen LogP contribution is 2.19. The Morgan fingerprint density at radius 2 is 1.52 bits per heavy atom. The molecule has 0 spiro atoms. The lowest BCUT2D eigenvalue weighted by molar-refractivity contribution is 0.309. The van der Waals surface area contributed by atoms with Crippen LogP contribution < -0.4 is 9.47 Å². The summed E-state index contributed by atoms with van der Waals surface area (Å²) >= 11 is 5.38. The molecule has 0 aliphatic heterocycles. The molecule has 2 rings (SSSR count). The van der Waals surface area contributed by atoms with Crippen molar-refractivity contribution in [3.8, 4) is 11.5 Å². The van der Waals surface area contributed by atoms with E-state index in [9.17, 15) is 0 Å². The fraction of sp³-hybridized carbons (Fsp3) is 0.350. The number of ether oxygens (including phenoxy) is 2. The van der Waals surface area contributed by atoms with Gasteiger partial charge in [-0.25, -0.2) is 0 Å². The molecule has 0 aromatic heterocycles. The quantitative estimate of drug-likeness (QED) is 0.466. The maximum atomic E-state index is 5.76. The van der Waals surface area contributed by atoms with Gasteiger partial charge in [0.05, 0.1) is 6.61 Å². The average Bonchev–Trinajstić information content (AvgIpc) is 2.57. The normalized spacial score (nSPS) is 10.3. The minimum atomic E-state index is 0.493. The van der Waals surface area contributed by atoms with Gasteiger partial charge in [0.1, 0.15) is 11.5 Å². The standard InChI is InChI=1S/C20H24O2S/c1-3-5-15-21-18-11-13-19(14-12-18)22-20(23)17-9-7-16(6-4-2)8-10-17/h7-14H,3-6,15H2,1-2H3. The van der Waals surface area contributed by atoms with Crippen LogP contribution in [0.1, 0.15) is 44.2 Å². The van der Waals surface area contributed by atoms with Crippen molar-refractivity contribution in [3.05, 3.63) is 59.7 Å². The van der Waals surface area contributed by atoms with E-state index in [2.05, 4.69) is 26.0 Å². The Kier molecular flexibility index (Phi) is 7.08. The van der Waals surface area contributed by atoms with Gasteiger partial charge in [0.25, 0.3) is 0 Å². The van der Waals surface area contributed by atoms with Gasteiger partial charge < -0.3 is 9.47 Å². The lowest BCUT2D eigenvalue weighted by Gasteiger charge is -2.09. The van der Waals surface area contributed by atoms with Crippen LogP contribution in [0.25, 0.3) is 0 Å². The monoisotopic (exact) mass is 328 g/mol. The van der Waals surface area contributed by atoms with Crippen LogP contribution in [0.3, 0.4) is 0 Å². The molecule has 0 aliphatic carbocycles. The first-order chi connectivity index (χ1) is 11.2. The van der Waals surface area contributed by atoms with Gasteiger partial charge in [-0.1, -0.05) is 51.0 Å². The van der Waals surface area contributed by atoms with Crippen molar-refractivity contribution >= 4 is 17.3 Å². The highest BCUT2D eigenvalue weighted by molar-refractivity contribution is 7.80. The second-order valence-corrected chi connectivity index (χ2v) is 5.88. The molecule has 0 heterocycles. The van der Waals surface area contributed by atoms with Crippen molar-refractivity contribution in [1.29, 1.82) is 0 Å². The summed E-state index contributed by atoms with van der Waals surface area (Å²) in [6.07, 6.45) is 4.43. The Labute approximate surface area is 144 Å². The second kappa shape index (κ2) is 9.31. The fourth-order valence-electron chi connectivity index (χ4n) is 2.20. The Morgan fingerprint density at radius 3 is 2.13 bits per heavy atom. The van der Waals surface area contributed by atoms with E-state index in [-0.39, 0.29) is 0 Å². The van der Waals surface area contributed by atoms with Gasteiger partial charge in [-0.05, 0) is 54.9 Å². The molecule has 0 amide bonds. The minimum absolute atomic E-state index is 0.493. The third kappa shape index (κ3) is 5.68. The molecule has 2 nitrogen and oxygen atoms in total. The zero-order valence-electron chi connectivity index (χ0n) is 13.9. The molecule has 3 heteroatoms. The summed E-state index contributed by atoms with van der Waals surface area (Å²) in [7, 11) is 0. The van der Waals surface area contributed by atoms with E-state index < -0.39 is 0 Å². The van der Waals surface area contributed by atoms with Crippen LogP contribution in [0, 0.1) is 0 Å². The molecule has 0 bridgehead atoms. The Morgan fingerprint density at radius 1 is 0.870 bits per heavy atom. The molecular weight excluding hydrogens is 304 g/mol. The molecule has 0 fully saturated rings. The van der Waals surface area contributed by atoms with E-state index >= 15 is 0 Å². The first-order valence-corrected chi connectivity index (χ1v) is 8.67. The molecular formula is C20H24O2S. The van der Waals surface area contributed by atoms with Crippen molar-refractivity contribution in [2.75, 3.05) is 6.61 Å².